The van der Waals surface area contributed by atoms with Gasteiger partial charge in [0.15, 0.2) is 0 Å². The molecule has 2 rings (SSSR count). The van der Waals surface area contributed by atoms with Gasteiger partial charge in [0.2, 0.25) is 0 Å². The molecule has 0 fully saturated rings. The number of hydrogen-bond donors (Lipinski definition) is 3. The van der Waals surface area contributed by atoms with Gasteiger partial charge in [-0.05, 0) is 30.7 Å². The summed E-state index contributed by atoms with van der Waals surface area (Å²) in [5.74, 6) is 0.449. The average molecular weight is 307 g/mol. The van der Waals surface area contributed by atoms with Gasteiger partial charge in [0.1, 0.15) is 11.5 Å². The number of rotatable bonds is 3. The van der Waals surface area contributed by atoms with Crippen molar-refractivity contribution in [2.24, 2.45) is 0 Å². The fraction of sp³-hybridized carbons (Fsp3) is 0.133. The van der Waals surface area contributed by atoms with Crippen LogP contribution < -0.4 is 15.4 Å². The molecule has 6 heteroatoms. The Bertz CT molecular complexity index is 674. The third-order valence-corrected chi connectivity index (χ3v) is 3.29. The summed E-state index contributed by atoms with van der Waals surface area (Å²) >= 11 is 6.01. The maximum atomic E-state index is 12.0. The number of para-hydroxylation sites is 2. The van der Waals surface area contributed by atoms with Gasteiger partial charge in [-0.2, -0.15) is 0 Å². The largest absolute Gasteiger partial charge is 0.506 e. The molecule has 0 atom stereocenters. The first kappa shape index (κ1) is 15.0. The monoisotopic (exact) mass is 306 g/mol. The van der Waals surface area contributed by atoms with Crippen LogP contribution in [0.15, 0.2) is 36.4 Å². The highest BCUT2D eigenvalue weighted by molar-refractivity contribution is 6.31. The third-order valence-electron chi connectivity index (χ3n) is 2.88. The van der Waals surface area contributed by atoms with Crippen molar-refractivity contribution in [1.82, 2.24) is 0 Å². The Labute approximate surface area is 127 Å². The van der Waals surface area contributed by atoms with Crippen molar-refractivity contribution < 1.29 is 14.6 Å². The van der Waals surface area contributed by atoms with E-state index in [1.54, 1.807) is 30.3 Å². The number of aryl methyl sites for hydroxylation is 1. The van der Waals surface area contributed by atoms with Crippen molar-refractivity contribution in [1.29, 1.82) is 0 Å². The predicted molar refractivity (Wildman–Crippen MR) is 83.5 cm³/mol. The minimum atomic E-state index is -0.489. The zero-order chi connectivity index (χ0) is 15.4. The molecule has 21 heavy (non-hydrogen) atoms. The molecule has 0 unspecified atom stereocenters. The van der Waals surface area contributed by atoms with E-state index in [1.807, 2.05) is 6.92 Å². The molecule has 0 heterocycles. The van der Waals surface area contributed by atoms with Crippen LogP contribution >= 0.6 is 11.6 Å². The van der Waals surface area contributed by atoms with Gasteiger partial charge in [-0.25, -0.2) is 4.79 Å². The van der Waals surface area contributed by atoms with E-state index in [2.05, 4.69) is 10.6 Å². The molecule has 2 aromatic rings. The number of amides is 2. The molecule has 0 spiro atoms. The smallest absolute Gasteiger partial charge is 0.323 e. The van der Waals surface area contributed by atoms with Crippen molar-refractivity contribution in [3.63, 3.8) is 0 Å². The SMILES string of the molecule is COc1cc(Cl)c(C)cc1NC(=O)Nc1ccccc1O. The number of ether oxygens (including phenoxy) is 1. The minimum Gasteiger partial charge on any atom is -0.506 e. The summed E-state index contributed by atoms with van der Waals surface area (Å²) < 4.78 is 5.18. The number of urea groups is 1. The second-order valence-corrected chi connectivity index (χ2v) is 4.81. The number of hydrogen-bond acceptors (Lipinski definition) is 3. The molecule has 110 valence electrons. The summed E-state index contributed by atoms with van der Waals surface area (Å²) in [5, 5.41) is 15.4. The van der Waals surface area contributed by atoms with Crippen molar-refractivity contribution in [2.45, 2.75) is 6.92 Å². The van der Waals surface area contributed by atoms with E-state index in [4.69, 9.17) is 16.3 Å². The first-order valence-electron chi connectivity index (χ1n) is 6.21. The van der Waals surface area contributed by atoms with Crippen LogP contribution in [0, 0.1) is 6.92 Å². The summed E-state index contributed by atoms with van der Waals surface area (Å²) in [6, 6.07) is 9.32. The van der Waals surface area contributed by atoms with Gasteiger partial charge < -0.3 is 20.5 Å². The average Bonchev–Trinajstić information content (AvgIpc) is 2.45. The Balaban J connectivity index is 2.17. The number of nitrogens with one attached hydrogen (secondary N) is 2. The minimum absolute atomic E-state index is 0.00750. The van der Waals surface area contributed by atoms with Gasteiger partial charge in [-0.3, -0.25) is 0 Å². The van der Waals surface area contributed by atoms with Crippen molar-refractivity contribution in [3.8, 4) is 11.5 Å². The molecule has 0 aliphatic rings. The van der Waals surface area contributed by atoms with Crippen molar-refractivity contribution in [2.75, 3.05) is 17.7 Å². The molecule has 2 aromatic carbocycles. The van der Waals surface area contributed by atoms with Crippen LogP contribution in [0.25, 0.3) is 0 Å². The lowest BCUT2D eigenvalue weighted by molar-refractivity contribution is 0.262. The summed E-state index contributed by atoms with van der Waals surface area (Å²) in [6.45, 7) is 1.83. The Morgan fingerprint density at radius 1 is 1.19 bits per heavy atom. The zero-order valence-electron chi connectivity index (χ0n) is 11.6. The Kier molecular flexibility index (Phi) is 4.55. The van der Waals surface area contributed by atoms with E-state index >= 15 is 0 Å². The highest BCUT2D eigenvalue weighted by atomic mass is 35.5. The zero-order valence-corrected chi connectivity index (χ0v) is 12.4. The molecule has 2 amide bonds. The molecule has 0 saturated heterocycles. The highest BCUT2D eigenvalue weighted by Gasteiger charge is 2.11. The lowest BCUT2D eigenvalue weighted by Crippen LogP contribution is -2.20. The molecule has 0 radical (unpaired) electrons. The van der Waals surface area contributed by atoms with Crippen LogP contribution in [0.1, 0.15) is 5.56 Å². The topological polar surface area (TPSA) is 70.6 Å². The van der Waals surface area contributed by atoms with Crippen LogP contribution in [-0.2, 0) is 0 Å². The number of aromatic hydroxyl groups is 1. The molecule has 3 N–H and O–H groups in total. The molecule has 0 bridgehead atoms. The third kappa shape index (κ3) is 3.58. The van der Waals surface area contributed by atoms with Crippen LogP contribution in [-0.4, -0.2) is 18.2 Å². The molecule has 0 aliphatic carbocycles. The maximum Gasteiger partial charge on any atom is 0.323 e. The number of methoxy groups -OCH3 is 1. The molecule has 0 saturated carbocycles. The molecule has 5 nitrogen and oxygen atoms in total. The lowest BCUT2D eigenvalue weighted by Gasteiger charge is -2.13. The van der Waals surface area contributed by atoms with Crippen molar-refractivity contribution in [3.05, 3.63) is 47.0 Å². The summed E-state index contributed by atoms with van der Waals surface area (Å²) in [6.07, 6.45) is 0. The standard InChI is InChI=1S/C15H15ClN2O3/c1-9-7-12(14(21-2)8-10(9)16)18-15(20)17-11-5-3-4-6-13(11)19/h3-8,19H,1-2H3,(H2,17,18,20). The number of phenols is 1. The van der Waals surface area contributed by atoms with Gasteiger partial charge >= 0.3 is 6.03 Å². The Hall–Kier alpha value is -2.40. The van der Waals surface area contributed by atoms with Gasteiger partial charge in [0, 0.05) is 11.1 Å². The number of halogens is 1. The van der Waals surface area contributed by atoms with Gasteiger partial charge in [0.05, 0.1) is 18.5 Å². The number of phenolic OH excluding ortho intramolecular Hbond substituents is 1. The van der Waals surface area contributed by atoms with Crippen LogP contribution in [0.2, 0.25) is 5.02 Å². The van der Waals surface area contributed by atoms with E-state index in [-0.39, 0.29) is 5.75 Å². The molecule has 0 aromatic heterocycles. The van der Waals surface area contributed by atoms with Gasteiger partial charge in [-0.15, -0.1) is 0 Å². The number of carbonyl (C=O) groups excluding carboxylic acids is 1. The van der Waals surface area contributed by atoms with E-state index in [9.17, 15) is 9.90 Å². The Morgan fingerprint density at radius 3 is 2.52 bits per heavy atom. The first-order valence-corrected chi connectivity index (χ1v) is 6.59. The van der Waals surface area contributed by atoms with Gasteiger partial charge in [0.25, 0.3) is 0 Å². The fourth-order valence-electron chi connectivity index (χ4n) is 1.79. The van der Waals surface area contributed by atoms with Crippen molar-refractivity contribution >= 4 is 29.0 Å². The maximum absolute atomic E-state index is 12.0. The molecular weight excluding hydrogens is 292 g/mol. The van der Waals surface area contributed by atoms with Crippen LogP contribution in [0.3, 0.4) is 0 Å². The normalized spacial score (nSPS) is 10.0. The summed E-state index contributed by atoms with van der Waals surface area (Å²) in [4.78, 5) is 12.0. The highest BCUT2D eigenvalue weighted by Crippen LogP contribution is 2.31. The number of benzene rings is 2. The summed E-state index contributed by atoms with van der Waals surface area (Å²) in [7, 11) is 1.49. The van der Waals surface area contributed by atoms with Crippen LogP contribution in [0.5, 0.6) is 11.5 Å². The van der Waals surface area contributed by atoms with E-state index in [0.29, 0.717) is 22.1 Å². The number of carbonyl (C=O) groups is 1. The lowest BCUT2D eigenvalue weighted by atomic mass is 10.2. The molecular formula is C15H15ClN2O3. The van der Waals surface area contributed by atoms with Crippen LogP contribution in [0.4, 0.5) is 16.2 Å². The van der Waals surface area contributed by atoms with E-state index in [0.717, 1.165) is 5.56 Å². The Morgan fingerprint density at radius 2 is 1.86 bits per heavy atom. The number of anilines is 2. The first-order chi connectivity index (χ1) is 10.0. The fourth-order valence-corrected chi connectivity index (χ4v) is 1.94. The van der Waals surface area contributed by atoms with Gasteiger partial charge in [-0.1, -0.05) is 23.7 Å². The van der Waals surface area contributed by atoms with E-state index < -0.39 is 6.03 Å². The molecule has 0 aliphatic heterocycles. The summed E-state index contributed by atoms with van der Waals surface area (Å²) in [5.41, 5.74) is 1.63. The quantitative estimate of drug-likeness (QED) is 0.750. The van der Waals surface area contributed by atoms with E-state index in [1.165, 1.54) is 13.2 Å². The second-order valence-electron chi connectivity index (χ2n) is 4.40. The predicted octanol–water partition coefficient (Wildman–Crippen LogP) is 4.01. The second kappa shape index (κ2) is 6.37.